The number of hydrogen-bond donors (Lipinski definition) is 1. The first-order valence-corrected chi connectivity index (χ1v) is 9.37. The van der Waals surface area contributed by atoms with Crippen molar-refractivity contribution in [3.05, 3.63) is 42.4 Å². The summed E-state index contributed by atoms with van der Waals surface area (Å²) in [6.45, 7) is 0. The Balaban J connectivity index is 1.57. The first kappa shape index (κ1) is 16.0. The van der Waals surface area contributed by atoms with Crippen molar-refractivity contribution in [2.45, 2.75) is 14.4 Å². The fourth-order valence-corrected chi connectivity index (χ4v) is 4.30. The lowest BCUT2D eigenvalue weighted by atomic mass is 10.2. The van der Waals surface area contributed by atoms with Crippen LogP contribution >= 0.6 is 34.9 Å². The molecule has 118 valence electrons. The van der Waals surface area contributed by atoms with Crippen LogP contribution in [0.5, 0.6) is 0 Å². The molecule has 23 heavy (non-hydrogen) atoms. The predicted octanol–water partition coefficient (Wildman–Crippen LogP) is 3.06. The molecular formula is C14H12N4O2S3. The van der Waals surface area contributed by atoms with Crippen LogP contribution in [0.15, 0.2) is 49.6 Å². The average Bonchev–Trinajstić information content (AvgIpc) is 3.21. The van der Waals surface area contributed by atoms with E-state index in [1.54, 1.807) is 6.20 Å². The van der Waals surface area contributed by atoms with Crippen LogP contribution in [0.2, 0.25) is 0 Å². The molecule has 0 saturated heterocycles. The Hall–Kier alpha value is -1.84. The molecule has 0 saturated carbocycles. The summed E-state index contributed by atoms with van der Waals surface area (Å²) in [6.07, 6.45) is 1.72. The zero-order valence-electron chi connectivity index (χ0n) is 11.8. The van der Waals surface area contributed by atoms with E-state index in [0.717, 1.165) is 20.0 Å². The standard InChI is InChI=1S/C14H12N4O2S3/c15-11(19)7-21-13-17-18-14(23-13)22-8-12-16-6-10(20-12)9-4-2-1-3-5-9/h1-6H,7-8H2,(H2,15,19). The highest BCUT2D eigenvalue weighted by Crippen LogP contribution is 2.31. The van der Waals surface area contributed by atoms with Gasteiger partial charge in [0.05, 0.1) is 17.7 Å². The number of hydrogen-bond acceptors (Lipinski definition) is 8. The number of oxazole rings is 1. The Labute approximate surface area is 144 Å². The van der Waals surface area contributed by atoms with Gasteiger partial charge < -0.3 is 10.2 Å². The minimum Gasteiger partial charge on any atom is -0.440 e. The fourth-order valence-electron chi connectivity index (χ4n) is 1.68. The van der Waals surface area contributed by atoms with E-state index in [9.17, 15) is 4.79 Å². The summed E-state index contributed by atoms with van der Waals surface area (Å²) in [7, 11) is 0. The van der Waals surface area contributed by atoms with Crippen LogP contribution in [-0.2, 0) is 10.5 Å². The smallest absolute Gasteiger partial charge is 0.227 e. The van der Waals surface area contributed by atoms with E-state index in [-0.39, 0.29) is 11.7 Å². The minimum atomic E-state index is -0.368. The second-order valence-electron chi connectivity index (χ2n) is 4.36. The summed E-state index contributed by atoms with van der Waals surface area (Å²) in [5.41, 5.74) is 6.10. The number of carbonyl (C=O) groups excluding carboxylic acids is 1. The first-order chi connectivity index (χ1) is 11.2. The highest BCUT2D eigenvalue weighted by Gasteiger charge is 2.10. The fraction of sp³-hybridized carbons (Fsp3) is 0.143. The SMILES string of the molecule is NC(=O)CSc1nnc(SCc2ncc(-c3ccccc3)o2)s1. The van der Waals surface area contributed by atoms with Crippen LogP contribution in [0.1, 0.15) is 5.89 Å². The van der Waals surface area contributed by atoms with Crippen molar-refractivity contribution in [2.24, 2.45) is 5.73 Å². The van der Waals surface area contributed by atoms with Crippen molar-refractivity contribution in [3.63, 3.8) is 0 Å². The Morgan fingerprint density at radius 1 is 1.17 bits per heavy atom. The van der Waals surface area contributed by atoms with Gasteiger partial charge >= 0.3 is 0 Å². The second kappa shape index (κ2) is 7.62. The zero-order chi connectivity index (χ0) is 16.1. The molecule has 0 aliphatic rings. The minimum absolute atomic E-state index is 0.208. The van der Waals surface area contributed by atoms with Crippen LogP contribution < -0.4 is 5.73 Å². The third kappa shape index (κ3) is 4.57. The second-order valence-corrected chi connectivity index (χ2v) is 7.78. The Morgan fingerprint density at radius 2 is 1.91 bits per heavy atom. The third-order valence-electron chi connectivity index (χ3n) is 2.66. The van der Waals surface area contributed by atoms with Crippen molar-refractivity contribution in [3.8, 4) is 11.3 Å². The van der Waals surface area contributed by atoms with Crippen LogP contribution in [0.4, 0.5) is 0 Å². The summed E-state index contributed by atoms with van der Waals surface area (Å²) >= 11 is 4.21. The Bertz CT molecular complexity index is 788. The molecule has 2 N–H and O–H groups in total. The molecular weight excluding hydrogens is 352 g/mol. The van der Waals surface area contributed by atoms with Gasteiger partial charge in [0.15, 0.2) is 14.4 Å². The molecule has 0 aliphatic heterocycles. The van der Waals surface area contributed by atoms with Crippen molar-refractivity contribution in [2.75, 3.05) is 5.75 Å². The van der Waals surface area contributed by atoms with E-state index in [0.29, 0.717) is 11.6 Å². The van der Waals surface area contributed by atoms with Crippen molar-refractivity contribution in [1.82, 2.24) is 15.2 Å². The van der Waals surface area contributed by atoms with Crippen molar-refractivity contribution >= 4 is 40.8 Å². The number of carbonyl (C=O) groups is 1. The molecule has 2 aromatic heterocycles. The summed E-state index contributed by atoms with van der Waals surface area (Å²) in [4.78, 5) is 15.0. The Morgan fingerprint density at radius 3 is 2.65 bits per heavy atom. The molecule has 0 bridgehead atoms. The highest BCUT2D eigenvalue weighted by atomic mass is 32.2. The van der Waals surface area contributed by atoms with Gasteiger partial charge in [0, 0.05) is 5.56 Å². The molecule has 0 unspecified atom stereocenters. The zero-order valence-corrected chi connectivity index (χ0v) is 14.3. The monoisotopic (exact) mass is 364 g/mol. The van der Waals surface area contributed by atoms with Gasteiger partial charge in [-0.15, -0.1) is 10.2 Å². The highest BCUT2D eigenvalue weighted by molar-refractivity contribution is 8.03. The van der Waals surface area contributed by atoms with Crippen molar-refractivity contribution in [1.29, 1.82) is 0 Å². The van der Waals surface area contributed by atoms with Crippen LogP contribution in [-0.4, -0.2) is 26.8 Å². The Kier molecular flexibility index (Phi) is 5.31. The third-order valence-corrected chi connectivity index (χ3v) is 5.85. The van der Waals surface area contributed by atoms with Gasteiger partial charge in [0.25, 0.3) is 0 Å². The maximum atomic E-state index is 10.7. The van der Waals surface area contributed by atoms with Gasteiger partial charge in [-0.25, -0.2) is 4.98 Å². The number of primary amides is 1. The summed E-state index contributed by atoms with van der Waals surface area (Å²) < 4.78 is 7.26. The van der Waals surface area contributed by atoms with E-state index in [4.69, 9.17) is 10.2 Å². The van der Waals surface area contributed by atoms with E-state index >= 15 is 0 Å². The van der Waals surface area contributed by atoms with Gasteiger partial charge in [-0.2, -0.15) is 0 Å². The molecule has 0 spiro atoms. The molecule has 9 heteroatoms. The van der Waals surface area contributed by atoms with E-state index < -0.39 is 0 Å². The van der Waals surface area contributed by atoms with Crippen LogP contribution in [0.25, 0.3) is 11.3 Å². The number of benzene rings is 1. The molecule has 1 aromatic carbocycles. The first-order valence-electron chi connectivity index (χ1n) is 6.58. The topological polar surface area (TPSA) is 94.9 Å². The molecule has 2 heterocycles. The van der Waals surface area contributed by atoms with E-state index in [2.05, 4.69) is 15.2 Å². The van der Waals surface area contributed by atoms with Crippen molar-refractivity contribution < 1.29 is 9.21 Å². The lowest BCUT2D eigenvalue weighted by molar-refractivity contribution is -0.115. The van der Waals surface area contributed by atoms with Gasteiger partial charge in [-0.05, 0) is 0 Å². The molecule has 0 fully saturated rings. The van der Waals surface area contributed by atoms with Gasteiger partial charge in [0.2, 0.25) is 11.8 Å². The number of amides is 1. The number of nitrogens with two attached hydrogens (primary N) is 1. The molecule has 1 amide bonds. The van der Waals surface area contributed by atoms with Gasteiger partial charge in [-0.3, -0.25) is 4.79 Å². The molecule has 3 aromatic rings. The van der Waals surface area contributed by atoms with E-state index in [1.165, 1.54) is 34.9 Å². The lowest BCUT2D eigenvalue weighted by Gasteiger charge is -1.94. The number of nitrogens with zero attached hydrogens (tertiary/aromatic N) is 3. The quantitative estimate of drug-likeness (QED) is 0.644. The molecule has 0 radical (unpaired) electrons. The summed E-state index contributed by atoms with van der Waals surface area (Å²) in [5.74, 6) is 1.79. The molecule has 0 aliphatic carbocycles. The van der Waals surface area contributed by atoms with Crippen LogP contribution in [0, 0.1) is 0 Å². The summed E-state index contributed by atoms with van der Waals surface area (Å²) in [6, 6.07) is 9.83. The number of aromatic nitrogens is 3. The lowest BCUT2D eigenvalue weighted by Crippen LogP contribution is -2.12. The maximum Gasteiger partial charge on any atom is 0.227 e. The average molecular weight is 364 g/mol. The number of rotatable bonds is 7. The maximum absolute atomic E-state index is 10.7. The van der Waals surface area contributed by atoms with Gasteiger partial charge in [0.1, 0.15) is 0 Å². The molecule has 3 rings (SSSR count). The normalized spacial score (nSPS) is 10.8. The number of thioether (sulfide) groups is 2. The van der Waals surface area contributed by atoms with E-state index in [1.807, 2.05) is 30.3 Å². The summed E-state index contributed by atoms with van der Waals surface area (Å²) in [5, 5.41) is 8.07. The predicted molar refractivity (Wildman–Crippen MR) is 91.3 cm³/mol. The molecule has 6 nitrogen and oxygen atoms in total. The van der Waals surface area contributed by atoms with Gasteiger partial charge in [-0.1, -0.05) is 65.2 Å². The van der Waals surface area contributed by atoms with Crippen LogP contribution in [0.3, 0.4) is 0 Å². The largest absolute Gasteiger partial charge is 0.440 e. The molecule has 0 atom stereocenters.